The van der Waals surface area contributed by atoms with E-state index < -0.39 is 0 Å². The second-order valence-electron chi connectivity index (χ2n) is 7.65. The summed E-state index contributed by atoms with van der Waals surface area (Å²) >= 11 is 2.88. The molecule has 1 saturated heterocycles. The van der Waals surface area contributed by atoms with Crippen molar-refractivity contribution in [2.45, 2.75) is 30.3 Å². The van der Waals surface area contributed by atoms with Crippen LogP contribution >= 0.6 is 23.1 Å². The molecule has 4 aromatic rings. The number of benzene rings is 2. The summed E-state index contributed by atoms with van der Waals surface area (Å²) in [5, 5.41) is 2.50. The molecule has 0 bridgehead atoms. The first kappa shape index (κ1) is 20.9. The molecule has 0 saturated carbocycles. The van der Waals surface area contributed by atoms with Gasteiger partial charge >= 0.3 is 0 Å². The number of carbonyl (C=O) groups excluding carboxylic acids is 1. The van der Waals surface area contributed by atoms with E-state index in [1.54, 1.807) is 16.7 Å². The number of hydrogen-bond acceptors (Lipinski definition) is 5. The van der Waals surface area contributed by atoms with E-state index in [2.05, 4.69) is 0 Å². The molecule has 1 aliphatic rings. The lowest BCUT2D eigenvalue weighted by atomic mass is 10.2. The van der Waals surface area contributed by atoms with Crippen LogP contribution in [-0.2, 0) is 17.1 Å². The molecule has 162 valence electrons. The molecule has 1 fully saturated rings. The standard InChI is InChI=1S/C24H20FN3O2S2/c25-18-7-3-16(4-8-18)14-28-23(30)22-20(11-13-31-22)26-24(28)32-15-17-5-9-19(10-6-17)27-12-1-2-21(27)29/h3-11,13H,1-2,12,14-15H2. The molecule has 32 heavy (non-hydrogen) atoms. The Labute approximate surface area is 192 Å². The molecule has 1 amide bonds. The number of rotatable bonds is 6. The van der Waals surface area contributed by atoms with E-state index in [0.717, 1.165) is 29.8 Å². The molecule has 0 N–H and O–H groups in total. The van der Waals surface area contributed by atoms with Gasteiger partial charge in [-0.05, 0) is 53.3 Å². The summed E-state index contributed by atoms with van der Waals surface area (Å²) in [4.78, 5) is 31.6. The first-order valence-corrected chi connectivity index (χ1v) is 12.2. The van der Waals surface area contributed by atoms with Gasteiger partial charge in [-0.1, -0.05) is 36.0 Å². The largest absolute Gasteiger partial charge is 0.312 e. The topological polar surface area (TPSA) is 55.2 Å². The smallest absolute Gasteiger partial charge is 0.272 e. The van der Waals surface area contributed by atoms with Crippen LogP contribution < -0.4 is 10.5 Å². The third kappa shape index (κ3) is 4.20. The number of thioether (sulfide) groups is 1. The minimum absolute atomic E-state index is 0.0836. The van der Waals surface area contributed by atoms with Crippen molar-refractivity contribution in [2.75, 3.05) is 11.4 Å². The van der Waals surface area contributed by atoms with E-state index in [1.165, 1.54) is 35.2 Å². The highest BCUT2D eigenvalue weighted by Gasteiger charge is 2.21. The van der Waals surface area contributed by atoms with Gasteiger partial charge in [-0.3, -0.25) is 14.2 Å². The van der Waals surface area contributed by atoms with Crippen LogP contribution in [0.15, 0.2) is 69.9 Å². The maximum Gasteiger partial charge on any atom is 0.272 e. The number of nitrogens with zero attached hydrogens (tertiary/aromatic N) is 3. The molecular weight excluding hydrogens is 445 g/mol. The lowest BCUT2D eigenvalue weighted by Crippen LogP contribution is -2.23. The first-order valence-electron chi connectivity index (χ1n) is 10.3. The van der Waals surface area contributed by atoms with Crippen molar-refractivity contribution in [1.82, 2.24) is 9.55 Å². The second kappa shape index (κ2) is 8.88. The molecule has 3 heterocycles. The average molecular weight is 466 g/mol. The number of anilines is 1. The Kier molecular flexibility index (Phi) is 5.80. The Morgan fingerprint density at radius 3 is 2.47 bits per heavy atom. The van der Waals surface area contributed by atoms with E-state index in [9.17, 15) is 14.0 Å². The van der Waals surface area contributed by atoms with Gasteiger partial charge in [-0.15, -0.1) is 11.3 Å². The Bertz CT molecular complexity index is 1330. The number of aromatic nitrogens is 2. The summed E-state index contributed by atoms with van der Waals surface area (Å²) < 4.78 is 15.6. The third-order valence-electron chi connectivity index (χ3n) is 5.47. The van der Waals surface area contributed by atoms with Crippen LogP contribution in [0, 0.1) is 5.82 Å². The fraction of sp³-hybridized carbons (Fsp3) is 0.208. The lowest BCUT2D eigenvalue weighted by molar-refractivity contribution is -0.117. The van der Waals surface area contributed by atoms with Crippen LogP contribution in [0.1, 0.15) is 24.0 Å². The highest BCUT2D eigenvalue weighted by Crippen LogP contribution is 2.27. The average Bonchev–Trinajstić information content (AvgIpc) is 3.45. The quantitative estimate of drug-likeness (QED) is 0.295. The molecule has 0 aliphatic carbocycles. The minimum atomic E-state index is -0.304. The molecule has 8 heteroatoms. The summed E-state index contributed by atoms with van der Waals surface area (Å²) in [5.41, 5.74) is 3.46. The molecule has 0 atom stereocenters. The van der Waals surface area contributed by atoms with Crippen molar-refractivity contribution in [3.05, 3.63) is 87.3 Å². The van der Waals surface area contributed by atoms with E-state index >= 15 is 0 Å². The lowest BCUT2D eigenvalue weighted by Gasteiger charge is -2.16. The molecule has 0 radical (unpaired) electrons. The molecule has 0 spiro atoms. The predicted molar refractivity (Wildman–Crippen MR) is 127 cm³/mol. The van der Waals surface area contributed by atoms with Crippen molar-refractivity contribution in [3.8, 4) is 0 Å². The highest BCUT2D eigenvalue weighted by molar-refractivity contribution is 7.98. The SMILES string of the molecule is O=C1CCCN1c1ccc(CSc2nc3ccsc3c(=O)n2Cc2ccc(F)cc2)cc1. The molecule has 2 aromatic heterocycles. The highest BCUT2D eigenvalue weighted by atomic mass is 32.2. The Morgan fingerprint density at radius 2 is 1.75 bits per heavy atom. The summed E-state index contributed by atoms with van der Waals surface area (Å²) in [6, 6.07) is 16.0. The summed E-state index contributed by atoms with van der Waals surface area (Å²) in [7, 11) is 0. The Hall–Kier alpha value is -2.97. The van der Waals surface area contributed by atoms with Crippen molar-refractivity contribution < 1.29 is 9.18 Å². The fourth-order valence-corrected chi connectivity index (χ4v) is 5.52. The summed E-state index contributed by atoms with van der Waals surface area (Å²) in [6.45, 7) is 1.10. The maximum atomic E-state index is 13.3. The van der Waals surface area contributed by atoms with Gasteiger partial charge in [0, 0.05) is 24.4 Å². The van der Waals surface area contributed by atoms with Gasteiger partial charge in [0.05, 0.1) is 12.1 Å². The first-order chi connectivity index (χ1) is 15.6. The van der Waals surface area contributed by atoms with Crippen LogP contribution in [0.25, 0.3) is 10.2 Å². The zero-order chi connectivity index (χ0) is 22.1. The molecule has 5 nitrogen and oxygen atoms in total. The summed E-state index contributed by atoms with van der Waals surface area (Å²) in [6.07, 6.45) is 1.51. The molecule has 5 rings (SSSR count). The van der Waals surface area contributed by atoms with Gasteiger partial charge < -0.3 is 4.90 Å². The van der Waals surface area contributed by atoms with Gasteiger partial charge in [-0.2, -0.15) is 0 Å². The summed E-state index contributed by atoms with van der Waals surface area (Å²) in [5.74, 6) is 0.506. The van der Waals surface area contributed by atoms with Gasteiger partial charge in [0.1, 0.15) is 10.5 Å². The van der Waals surface area contributed by atoms with E-state index in [1.807, 2.05) is 40.6 Å². The molecule has 1 aliphatic heterocycles. The van der Waals surface area contributed by atoms with Gasteiger partial charge in [-0.25, -0.2) is 9.37 Å². The Morgan fingerprint density at radius 1 is 1.00 bits per heavy atom. The van der Waals surface area contributed by atoms with Crippen LogP contribution in [0.3, 0.4) is 0 Å². The van der Waals surface area contributed by atoms with Crippen molar-refractivity contribution in [1.29, 1.82) is 0 Å². The van der Waals surface area contributed by atoms with Crippen LogP contribution in [0.4, 0.5) is 10.1 Å². The van der Waals surface area contributed by atoms with E-state index in [4.69, 9.17) is 4.98 Å². The van der Waals surface area contributed by atoms with Gasteiger partial charge in [0.2, 0.25) is 5.91 Å². The van der Waals surface area contributed by atoms with Crippen molar-refractivity contribution in [2.24, 2.45) is 0 Å². The second-order valence-corrected chi connectivity index (χ2v) is 9.51. The molecule has 0 unspecified atom stereocenters. The van der Waals surface area contributed by atoms with Crippen molar-refractivity contribution >= 4 is 44.9 Å². The van der Waals surface area contributed by atoms with Crippen LogP contribution in [-0.4, -0.2) is 22.0 Å². The number of halogens is 1. The van der Waals surface area contributed by atoms with Crippen LogP contribution in [0.2, 0.25) is 0 Å². The van der Waals surface area contributed by atoms with Crippen LogP contribution in [0.5, 0.6) is 0 Å². The fourth-order valence-electron chi connectivity index (χ4n) is 3.79. The van der Waals surface area contributed by atoms with E-state index in [-0.39, 0.29) is 17.3 Å². The van der Waals surface area contributed by atoms with Crippen molar-refractivity contribution in [3.63, 3.8) is 0 Å². The van der Waals surface area contributed by atoms with Gasteiger partial charge in [0.15, 0.2) is 5.16 Å². The number of fused-ring (bicyclic) bond motifs is 1. The monoisotopic (exact) mass is 465 g/mol. The minimum Gasteiger partial charge on any atom is -0.312 e. The van der Waals surface area contributed by atoms with Gasteiger partial charge in [0.25, 0.3) is 5.56 Å². The van der Waals surface area contributed by atoms with E-state index in [0.29, 0.717) is 34.1 Å². The predicted octanol–water partition coefficient (Wildman–Crippen LogP) is 5.06. The number of amides is 1. The maximum absolute atomic E-state index is 13.3. The number of thiophene rings is 1. The number of carbonyl (C=O) groups is 1. The zero-order valence-electron chi connectivity index (χ0n) is 17.2. The zero-order valence-corrected chi connectivity index (χ0v) is 18.8. The Balaban J connectivity index is 1.40. The molecular formula is C24H20FN3O2S2. The molecule has 2 aromatic carbocycles. The number of hydrogen-bond donors (Lipinski definition) is 0. The third-order valence-corrected chi connectivity index (χ3v) is 7.41. The normalized spacial score (nSPS) is 13.9.